The summed E-state index contributed by atoms with van der Waals surface area (Å²) in [6, 6.07) is 13.9. The van der Waals surface area contributed by atoms with E-state index in [9.17, 15) is 13.2 Å². The zero-order valence-corrected chi connectivity index (χ0v) is 24.0. The summed E-state index contributed by atoms with van der Waals surface area (Å²) in [6.07, 6.45) is 7.58. The number of hydrogen-bond donors (Lipinski definition) is 2. The molecule has 0 radical (unpaired) electrons. The molecule has 0 aliphatic heterocycles. The van der Waals surface area contributed by atoms with E-state index in [1.165, 1.54) is 18.3 Å². The fourth-order valence-electron chi connectivity index (χ4n) is 5.20. The first kappa shape index (κ1) is 27.7. The lowest BCUT2D eigenvalue weighted by molar-refractivity contribution is 0.221. The Hall–Kier alpha value is -3.83. The van der Waals surface area contributed by atoms with Gasteiger partial charge in [-0.2, -0.15) is 4.98 Å². The Kier molecular flexibility index (Phi) is 7.86. The molecule has 0 bridgehead atoms. The lowest BCUT2D eigenvalue weighted by atomic mass is 9.91. The molecule has 0 spiro atoms. The van der Waals surface area contributed by atoms with Gasteiger partial charge in [-0.3, -0.25) is 14.1 Å². The van der Waals surface area contributed by atoms with Gasteiger partial charge in [0.2, 0.25) is 5.95 Å². The normalized spacial score (nSPS) is 17.9. The molecule has 0 unspecified atom stereocenters. The first-order chi connectivity index (χ1) is 19.1. The molecule has 11 heteroatoms. The van der Waals surface area contributed by atoms with Gasteiger partial charge >= 0.3 is 0 Å². The van der Waals surface area contributed by atoms with Crippen LogP contribution in [0.5, 0.6) is 0 Å². The van der Waals surface area contributed by atoms with Crippen molar-refractivity contribution in [3.63, 3.8) is 0 Å². The van der Waals surface area contributed by atoms with Gasteiger partial charge in [0, 0.05) is 47.0 Å². The molecule has 1 aliphatic carbocycles. The van der Waals surface area contributed by atoms with Crippen LogP contribution < -0.4 is 15.6 Å². The Morgan fingerprint density at radius 1 is 0.975 bits per heavy atom. The number of benzene rings is 1. The predicted molar refractivity (Wildman–Crippen MR) is 158 cm³/mol. The van der Waals surface area contributed by atoms with Gasteiger partial charge in [0.15, 0.2) is 0 Å². The number of rotatable bonds is 8. The van der Waals surface area contributed by atoms with Crippen molar-refractivity contribution in [1.29, 1.82) is 0 Å². The highest BCUT2D eigenvalue weighted by atomic mass is 32.2. The maximum Gasteiger partial charge on any atom is 0.263 e. The summed E-state index contributed by atoms with van der Waals surface area (Å²) in [7, 11) is 0.484. The Labute approximate surface area is 234 Å². The average molecular weight is 562 g/mol. The smallest absolute Gasteiger partial charge is 0.263 e. The zero-order chi connectivity index (χ0) is 28.4. The number of nitrogens with zero attached hydrogens (tertiary/aromatic N) is 5. The van der Waals surface area contributed by atoms with Crippen LogP contribution >= 0.6 is 0 Å². The molecule has 3 heterocycles. The van der Waals surface area contributed by atoms with Crippen molar-refractivity contribution in [2.24, 2.45) is 0 Å². The molecule has 1 fully saturated rings. The summed E-state index contributed by atoms with van der Waals surface area (Å²) < 4.78 is 29.4. The van der Waals surface area contributed by atoms with Gasteiger partial charge in [0.05, 0.1) is 4.90 Å². The van der Waals surface area contributed by atoms with Crippen LogP contribution in [-0.2, 0) is 10.0 Å². The largest absolute Gasteiger partial charge is 0.351 e. The van der Waals surface area contributed by atoms with Crippen LogP contribution in [0.15, 0.2) is 70.6 Å². The van der Waals surface area contributed by atoms with E-state index < -0.39 is 10.0 Å². The van der Waals surface area contributed by atoms with E-state index in [1.807, 2.05) is 13.8 Å². The number of aromatic nitrogens is 4. The van der Waals surface area contributed by atoms with Crippen molar-refractivity contribution in [2.75, 3.05) is 24.1 Å². The minimum absolute atomic E-state index is 0.141. The lowest BCUT2D eigenvalue weighted by Crippen LogP contribution is -2.36. The molecule has 0 atom stereocenters. The number of nitrogens with one attached hydrogen (secondary N) is 2. The minimum Gasteiger partial charge on any atom is -0.351 e. The standard InChI is InChI=1S/C29H35N7O3S/c1-19(2)36-27-21(18-31-29(33-27)32-22-11-13-23(14-12-22)35(3)4)16-25(28(36)37)20-10-15-26(30-17-20)34-40(38,39)24-8-6-5-7-9-24/h5-10,15-19,22-23H,11-14H2,1-4H3,(H,30,34)(H,31,32,33)/t22-,23-. The topological polar surface area (TPSA) is 122 Å². The number of hydrogen-bond acceptors (Lipinski definition) is 8. The molecule has 40 heavy (non-hydrogen) atoms. The molecule has 10 nitrogen and oxygen atoms in total. The molecule has 210 valence electrons. The van der Waals surface area contributed by atoms with Gasteiger partial charge in [-0.1, -0.05) is 18.2 Å². The summed E-state index contributed by atoms with van der Waals surface area (Å²) in [5.74, 6) is 0.690. The fraction of sp³-hybridized carbons (Fsp3) is 0.379. The maximum atomic E-state index is 13.7. The third-order valence-electron chi connectivity index (χ3n) is 7.42. The van der Waals surface area contributed by atoms with Gasteiger partial charge in [0.25, 0.3) is 15.6 Å². The van der Waals surface area contributed by atoms with Crippen LogP contribution in [0, 0.1) is 0 Å². The van der Waals surface area contributed by atoms with Crippen molar-refractivity contribution in [1.82, 2.24) is 24.4 Å². The molecule has 0 amide bonds. The molecule has 1 saturated carbocycles. The summed E-state index contributed by atoms with van der Waals surface area (Å²) >= 11 is 0. The number of sulfonamides is 1. The average Bonchev–Trinajstić information content (AvgIpc) is 2.93. The molecular weight excluding hydrogens is 526 g/mol. The Bertz CT molecular complexity index is 1650. The molecule has 3 aromatic heterocycles. The maximum absolute atomic E-state index is 13.7. The third-order valence-corrected chi connectivity index (χ3v) is 8.79. The van der Waals surface area contributed by atoms with Gasteiger partial charge in [-0.15, -0.1) is 0 Å². The second-order valence-corrected chi connectivity index (χ2v) is 12.4. The number of fused-ring (bicyclic) bond motifs is 1. The van der Waals surface area contributed by atoms with Gasteiger partial charge in [-0.05, 0) is 84.0 Å². The molecule has 5 rings (SSSR count). The Balaban J connectivity index is 1.41. The van der Waals surface area contributed by atoms with Crippen LogP contribution in [0.25, 0.3) is 22.2 Å². The second-order valence-electron chi connectivity index (χ2n) is 10.8. The lowest BCUT2D eigenvalue weighted by Gasteiger charge is -2.33. The van der Waals surface area contributed by atoms with E-state index in [1.54, 1.807) is 47.2 Å². The Morgan fingerprint density at radius 3 is 2.33 bits per heavy atom. The molecular formula is C29H35N7O3S. The molecule has 1 aliphatic rings. The van der Waals surface area contributed by atoms with Crippen molar-refractivity contribution in [2.45, 2.75) is 62.6 Å². The molecule has 4 aromatic rings. The highest BCUT2D eigenvalue weighted by Gasteiger charge is 2.23. The van der Waals surface area contributed by atoms with Crippen molar-refractivity contribution >= 4 is 32.8 Å². The third kappa shape index (κ3) is 5.85. The van der Waals surface area contributed by atoms with E-state index in [4.69, 9.17) is 4.98 Å². The van der Waals surface area contributed by atoms with Crippen LogP contribution in [0.4, 0.5) is 11.8 Å². The summed E-state index contributed by atoms with van der Waals surface area (Å²) in [5.41, 5.74) is 1.39. The fourth-order valence-corrected chi connectivity index (χ4v) is 6.23. The summed E-state index contributed by atoms with van der Waals surface area (Å²) in [5, 5.41) is 4.21. The first-order valence-electron chi connectivity index (χ1n) is 13.5. The predicted octanol–water partition coefficient (Wildman–Crippen LogP) is 4.52. The van der Waals surface area contributed by atoms with Crippen molar-refractivity contribution < 1.29 is 8.42 Å². The highest BCUT2D eigenvalue weighted by molar-refractivity contribution is 7.92. The molecule has 2 N–H and O–H groups in total. The summed E-state index contributed by atoms with van der Waals surface area (Å²) in [6.45, 7) is 3.89. The van der Waals surface area contributed by atoms with Gasteiger partial charge in [-0.25, -0.2) is 18.4 Å². The van der Waals surface area contributed by atoms with E-state index >= 15 is 0 Å². The zero-order valence-electron chi connectivity index (χ0n) is 23.2. The van der Waals surface area contributed by atoms with Crippen LogP contribution in [-0.4, -0.2) is 59.0 Å². The van der Waals surface area contributed by atoms with Crippen molar-refractivity contribution in [3.8, 4) is 11.1 Å². The second kappa shape index (κ2) is 11.3. The van der Waals surface area contributed by atoms with E-state index in [-0.39, 0.29) is 22.3 Å². The van der Waals surface area contributed by atoms with Crippen molar-refractivity contribution in [3.05, 3.63) is 71.3 Å². The monoisotopic (exact) mass is 561 g/mol. The first-order valence-corrected chi connectivity index (χ1v) is 15.0. The molecule has 1 aromatic carbocycles. The summed E-state index contributed by atoms with van der Waals surface area (Å²) in [4.78, 5) is 29.7. The van der Waals surface area contributed by atoms with Gasteiger partial charge in [0.1, 0.15) is 11.5 Å². The number of pyridine rings is 2. The van der Waals surface area contributed by atoms with E-state index in [2.05, 4.69) is 39.0 Å². The van der Waals surface area contributed by atoms with Crippen LogP contribution in [0.1, 0.15) is 45.6 Å². The van der Waals surface area contributed by atoms with Gasteiger partial charge < -0.3 is 10.2 Å². The number of anilines is 2. The van der Waals surface area contributed by atoms with E-state index in [0.717, 1.165) is 31.1 Å². The molecule has 0 saturated heterocycles. The van der Waals surface area contributed by atoms with Crippen LogP contribution in [0.3, 0.4) is 0 Å². The minimum atomic E-state index is -3.77. The SMILES string of the molecule is CC(C)n1c(=O)c(-c2ccc(NS(=O)(=O)c3ccccc3)nc2)cc2cnc(N[C@H]3CC[C@H](N(C)C)CC3)nc21. The quantitative estimate of drug-likeness (QED) is 0.322. The Morgan fingerprint density at radius 2 is 1.70 bits per heavy atom. The highest BCUT2D eigenvalue weighted by Crippen LogP contribution is 2.26. The van der Waals surface area contributed by atoms with Crippen LogP contribution in [0.2, 0.25) is 0 Å². The van der Waals surface area contributed by atoms with E-state index in [0.29, 0.717) is 34.8 Å².